The molecule has 1 N–H and O–H groups in total. The standard InChI is InChI=1S/C13H15ClFNO/c1-3-9(2)16-13(17)7-5-10-4-6-12(15)11(14)8-10/h4-9H,3H2,1-2H3,(H,16,17)/b7-5+/t9-/m0/s1. The first kappa shape index (κ1) is 13.7. The molecule has 0 aliphatic heterocycles. The average molecular weight is 256 g/mol. The van der Waals surface area contributed by atoms with E-state index in [1.54, 1.807) is 12.1 Å². The van der Waals surface area contributed by atoms with Crippen molar-refractivity contribution in [3.05, 3.63) is 40.7 Å². The van der Waals surface area contributed by atoms with Crippen LogP contribution in [-0.2, 0) is 4.79 Å². The van der Waals surface area contributed by atoms with E-state index in [0.717, 1.165) is 6.42 Å². The number of benzene rings is 1. The second-order valence-corrected chi connectivity index (χ2v) is 4.23. The zero-order chi connectivity index (χ0) is 12.8. The van der Waals surface area contributed by atoms with Gasteiger partial charge in [0.1, 0.15) is 5.82 Å². The van der Waals surface area contributed by atoms with Gasteiger partial charge in [-0.3, -0.25) is 4.79 Å². The second kappa shape index (κ2) is 6.40. The Morgan fingerprint density at radius 3 is 2.88 bits per heavy atom. The molecule has 0 aliphatic carbocycles. The zero-order valence-electron chi connectivity index (χ0n) is 9.84. The van der Waals surface area contributed by atoms with E-state index in [-0.39, 0.29) is 17.0 Å². The summed E-state index contributed by atoms with van der Waals surface area (Å²) in [6.07, 6.45) is 3.89. The summed E-state index contributed by atoms with van der Waals surface area (Å²) in [6.45, 7) is 3.93. The minimum Gasteiger partial charge on any atom is -0.350 e. The van der Waals surface area contributed by atoms with E-state index in [0.29, 0.717) is 5.56 Å². The topological polar surface area (TPSA) is 29.1 Å². The van der Waals surface area contributed by atoms with E-state index >= 15 is 0 Å². The van der Waals surface area contributed by atoms with Gasteiger partial charge in [-0.05, 0) is 37.1 Å². The molecule has 0 aliphatic rings. The first-order valence-corrected chi connectivity index (χ1v) is 5.84. The molecule has 0 saturated carbocycles. The third-order valence-corrected chi connectivity index (χ3v) is 2.66. The third-order valence-electron chi connectivity index (χ3n) is 2.37. The molecule has 0 spiro atoms. The van der Waals surface area contributed by atoms with Crippen molar-refractivity contribution in [2.45, 2.75) is 26.3 Å². The van der Waals surface area contributed by atoms with Gasteiger partial charge in [0, 0.05) is 12.1 Å². The molecule has 0 radical (unpaired) electrons. The van der Waals surface area contributed by atoms with Gasteiger partial charge in [-0.1, -0.05) is 24.6 Å². The summed E-state index contributed by atoms with van der Waals surface area (Å²) in [6, 6.07) is 4.45. The van der Waals surface area contributed by atoms with E-state index in [9.17, 15) is 9.18 Å². The van der Waals surface area contributed by atoms with Crippen molar-refractivity contribution < 1.29 is 9.18 Å². The second-order valence-electron chi connectivity index (χ2n) is 3.82. The summed E-state index contributed by atoms with van der Waals surface area (Å²) >= 11 is 5.63. The molecule has 0 unspecified atom stereocenters. The van der Waals surface area contributed by atoms with Gasteiger partial charge in [-0.2, -0.15) is 0 Å². The Morgan fingerprint density at radius 2 is 2.29 bits per heavy atom. The molecule has 0 fully saturated rings. The van der Waals surface area contributed by atoms with Crippen LogP contribution in [0.1, 0.15) is 25.8 Å². The van der Waals surface area contributed by atoms with E-state index in [4.69, 9.17) is 11.6 Å². The van der Waals surface area contributed by atoms with Crippen LogP contribution in [0.15, 0.2) is 24.3 Å². The maximum absolute atomic E-state index is 12.9. The number of hydrogen-bond acceptors (Lipinski definition) is 1. The van der Waals surface area contributed by atoms with Crippen molar-refractivity contribution in [1.29, 1.82) is 0 Å². The van der Waals surface area contributed by atoms with Crippen molar-refractivity contribution in [3.8, 4) is 0 Å². The van der Waals surface area contributed by atoms with Crippen molar-refractivity contribution in [3.63, 3.8) is 0 Å². The highest BCUT2D eigenvalue weighted by Gasteiger charge is 2.02. The maximum Gasteiger partial charge on any atom is 0.244 e. The minimum absolute atomic E-state index is 0.0504. The fraction of sp³-hybridized carbons (Fsp3) is 0.308. The highest BCUT2D eigenvalue weighted by atomic mass is 35.5. The summed E-state index contributed by atoms with van der Waals surface area (Å²) < 4.78 is 12.9. The summed E-state index contributed by atoms with van der Waals surface area (Å²) in [5.41, 5.74) is 0.690. The summed E-state index contributed by atoms with van der Waals surface area (Å²) in [7, 11) is 0. The Labute approximate surface area is 105 Å². The Balaban J connectivity index is 2.64. The monoisotopic (exact) mass is 255 g/mol. The number of halogens is 2. The number of nitrogens with one attached hydrogen (secondary N) is 1. The Morgan fingerprint density at radius 1 is 1.59 bits per heavy atom. The first-order chi connectivity index (χ1) is 8.02. The Kier molecular flexibility index (Phi) is 5.16. The molecule has 92 valence electrons. The largest absolute Gasteiger partial charge is 0.350 e. The number of carbonyl (C=O) groups excluding carboxylic acids is 1. The van der Waals surface area contributed by atoms with Crippen LogP contribution in [0.5, 0.6) is 0 Å². The van der Waals surface area contributed by atoms with Crippen molar-refractivity contribution in [1.82, 2.24) is 5.32 Å². The molecule has 0 aromatic heterocycles. The lowest BCUT2D eigenvalue weighted by molar-refractivity contribution is -0.117. The molecule has 1 aromatic carbocycles. The molecule has 0 bridgehead atoms. The summed E-state index contributed by atoms with van der Waals surface area (Å²) in [4.78, 5) is 11.4. The van der Waals surface area contributed by atoms with Crippen molar-refractivity contribution in [2.24, 2.45) is 0 Å². The molecule has 1 aromatic rings. The van der Waals surface area contributed by atoms with E-state index in [1.807, 2.05) is 13.8 Å². The lowest BCUT2D eigenvalue weighted by Crippen LogP contribution is -2.30. The van der Waals surface area contributed by atoms with E-state index < -0.39 is 5.82 Å². The van der Waals surface area contributed by atoms with Gasteiger partial charge in [0.05, 0.1) is 5.02 Å². The number of hydrogen-bond donors (Lipinski definition) is 1. The molecule has 1 atom stereocenters. The van der Waals surface area contributed by atoms with Crippen LogP contribution in [0.3, 0.4) is 0 Å². The average Bonchev–Trinajstić information content (AvgIpc) is 2.30. The summed E-state index contributed by atoms with van der Waals surface area (Å²) in [5.74, 6) is -0.632. The van der Waals surface area contributed by atoms with Gasteiger partial charge in [0.15, 0.2) is 0 Å². The fourth-order valence-electron chi connectivity index (χ4n) is 1.18. The van der Waals surface area contributed by atoms with Gasteiger partial charge in [0.2, 0.25) is 5.91 Å². The third kappa shape index (κ3) is 4.57. The van der Waals surface area contributed by atoms with Crippen molar-refractivity contribution in [2.75, 3.05) is 0 Å². The molecule has 4 heteroatoms. The number of rotatable bonds is 4. The van der Waals surface area contributed by atoms with Gasteiger partial charge in [-0.15, -0.1) is 0 Å². The summed E-state index contributed by atoms with van der Waals surface area (Å²) in [5, 5.41) is 2.84. The Bertz CT molecular complexity index is 431. The smallest absolute Gasteiger partial charge is 0.244 e. The lowest BCUT2D eigenvalue weighted by Gasteiger charge is -2.08. The minimum atomic E-state index is -0.465. The molecular weight excluding hydrogens is 241 g/mol. The van der Waals surface area contributed by atoms with Gasteiger partial charge >= 0.3 is 0 Å². The van der Waals surface area contributed by atoms with E-state index in [2.05, 4.69) is 5.32 Å². The molecule has 1 rings (SSSR count). The highest BCUT2D eigenvalue weighted by Crippen LogP contribution is 2.16. The molecule has 0 heterocycles. The SMILES string of the molecule is CC[C@H](C)NC(=O)/C=C/c1ccc(F)c(Cl)c1. The van der Waals surface area contributed by atoms with Crippen LogP contribution in [0, 0.1) is 5.82 Å². The number of amides is 1. The first-order valence-electron chi connectivity index (χ1n) is 5.46. The maximum atomic E-state index is 12.9. The predicted molar refractivity (Wildman–Crippen MR) is 68.3 cm³/mol. The number of carbonyl (C=O) groups is 1. The normalized spacial score (nSPS) is 12.7. The van der Waals surface area contributed by atoms with Crippen molar-refractivity contribution >= 4 is 23.6 Å². The fourth-order valence-corrected chi connectivity index (χ4v) is 1.37. The van der Waals surface area contributed by atoms with Crippen LogP contribution in [0.4, 0.5) is 4.39 Å². The lowest BCUT2D eigenvalue weighted by atomic mass is 10.2. The molecular formula is C13H15ClFNO. The van der Waals surface area contributed by atoms with Crippen LogP contribution in [0.25, 0.3) is 6.08 Å². The highest BCUT2D eigenvalue weighted by molar-refractivity contribution is 6.30. The molecule has 17 heavy (non-hydrogen) atoms. The van der Waals surface area contributed by atoms with Crippen LogP contribution in [0.2, 0.25) is 5.02 Å². The van der Waals surface area contributed by atoms with Crippen LogP contribution in [-0.4, -0.2) is 11.9 Å². The van der Waals surface area contributed by atoms with Crippen LogP contribution < -0.4 is 5.32 Å². The molecule has 0 saturated heterocycles. The van der Waals surface area contributed by atoms with E-state index in [1.165, 1.54) is 18.2 Å². The molecule has 1 amide bonds. The van der Waals surface area contributed by atoms with Gasteiger partial charge in [0.25, 0.3) is 0 Å². The predicted octanol–water partition coefficient (Wildman–Crippen LogP) is 3.41. The molecule has 2 nitrogen and oxygen atoms in total. The van der Waals surface area contributed by atoms with Crippen LogP contribution >= 0.6 is 11.6 Å². The Hall–Kier alpha value is -1.35. The zero-order valence-corrected chi connectivity index (χ0v) is 10.6. The quantitative estimate of drug-likeness (QED) is 0.821. The van der Waals surface area contributed by atoms with Gasteiger partial charge in [-0.25, -0.2) is 4.39 Å². The van der Waals surface area contributed by atoms with Gasteiger partial charge < -0.3 is 5.32 Å².